The summed E-state index contributed by atoms with van der Waals surface area (Å²) < 4.78 is 22.5. The van der Waals surface area contributed by atoms with Crippen molar-refractivity contribution < 1.29 is 13.2 Å². The van der Waals surface area contributed by atoms with Gasteiger partial charge >= 0.3 is 0 Å². The standard InChI is InChI=1S/C15H18ClNO3S/c1-11-9-13(21(16,19)20)7-8-14(11)15(18)17-10-12-5-3-2-4-6-12/h2-3,7-9,12H,4-6,10H2,1H3,(H,17,18). The fraction of sp³-hybridized carbons (Fsp3) is 0.400. The topological polar surface area (TPSA) is 63.2 Å². The molecule has 0 fully saturated rings. The first-order chi connectivity index (χ1) is 9.88. The summed E-state index contributed by atoms with van der Waals surface area (Å²) in [7, 11) is 1.53. The highest BCUT2D eigenvalue weighted by Crippen LogP contribution is 2.20. The number of rotatable bonds is 4. The van der Waals surface area contributed by atoms with Gasteiger partial charge in [-0.15, -0.1) is 0 Å². The summed E-state index contributed by atoms with van der Waals surface area (Å²) in [5.74, 6) is 0.294. The lowest BCUT2D eigenvalue weighted by Crippen LogP contribution is -2.30. The molecule has 0 aliphatic heterocycles. The number of hydrogen-bond acceptors (Lipinski definition) is 3. The molecule has 4 nitrogen and oxygen atoms in total. The molecule has 0 saturated carbocycles. The van der Waals surface area contributed by atoms with Crippen LogP contribution in [0.5, 0.6) is 0 Å². The Kier molecular flexibility index (Phi) is 5.06. The van der Waals surface area contributed by atoms with E-state index < -0.39 is 9.05 Å². The van der Waals surface area contributed by atoms with Gasteiger partial charge in [-0.25, -0.2) is 8.42 Å². The summed E-state index contributed by atoms with van der Waals surface area (Å²) in [5.41, 5.74) is 1.07. The molecule has 0 saturated heterocycles. The lowest BCUT2D eigenvalue weighted by atomic mass is 9.94. The van der Waals surface area contributed by atoms with E-state index in [-0.39, 0.29) is 10.8 Å². The van der Waals surface area contributed by atoms with Crippen LogP contribution in [0, 0.1) is 12.8 Å². The second-order valence-corrected chi connectivity index (χ2v) is 7.84. The number of carbonyl (C=O) groups is 1. The molecule has 21 heavy (non-hydrogen) atoms. The average molecular weight is 328 g/mol. The van der Waals surface area contributed by atoms with Gasteiger partial charge < -0.3 is 5.32 Å². The minimum absolute atomic E-state index is 0.00985. The Hall–Kier alpha value is -1.33. The molecule has 1 aromatic carbocycles. The van der Waals surface area contributed by atoms with Gasteiger partial charge in [-0.2, -0.15) is 0 Å². The van der Waals surface area contributed by atoms with E-state index in [0.717, 1.165) is 19.3 Å². The fourth-order valence-corrected chi connectivity index (χ4v) is 3.25. The summed E-state index contributed by atoms with van der Waals surface area (Å²) in [6.45, 7) is 2.34. The molecule has 1 unspecified atom stereocenters. The maximum atomic E-state index is 12.2. The van der Waals surface area contributed by atoms with Gasteiger partial charge in [0.25, 0.3) is 15.0 Å². The van der Waals surface area contributed by atoms with Crippen LogP contribution in [0.3, 0.4) is 0 Å². The highest BCUT2D eigenvalue weighted by Gasteiger charge is 2.16. The average Bonchev–Trinajstić information content (AvgIpc) is 2.45. The first kappa shape index (κ1) is 16.0. The van der Waals surface area contributed by atoms with Crippen LogP contribution in [0.4, 0.5) is 0 Å². The molecule has 1 atom stereocenters. The van der Waals surface area contributed by atoms with Gasteiger partial charge in [-0.3, -0.25) is 4.79 Å². The number of allylic oxidation sites excluding steroid dienone is 2. The Bertz CT molecular complexity index is 667. The van der Waals surface area contributed by atoms with E-state index in [1.807, 2.05) is 0 Å². The number of hydrogen-bond donors (Lipinski definition) is 1. The Morgan fingerprint density at radius 3 is 2.71 bits per heavy atom. The molecule has 6 heteroatoms. The van der Waals surface area contributed by atoms with E-state index in [1.165, 1.54) is 18.2 Å². The van der Waals surface area contributed by atoms with Crippen molar-refractivity contribution in [3.63, 3.8) is 0 Å². The third-order valence-corrected chi connectivity index (χ3v) is 5.00. The second-order valence-electron chi connectivity index (χ2n) is 5.28. The van der Waals surface area contributed by atoms with Crippen LogP contribution in [0.25, 0.3) is 0 Å². The molecule has 114 valence electrons. The normalized spacial score (nSPS) is 18.5. The van der Waals surface area contributed by atoms with Gasteiger partial charge in [0.2, 0.25) is 0 Å². The minimum atomic E-state index is -3.76. The Morgan fingerprint density at radius 1 is 1.38 bits per heavy atom. The number of carbonyl (C=O) groups excluding carboxylic acids is 1. The molecule has 0 heterocycles. The van der Waals surface area contributed by atoms with E-state index in [4.69, 9.17) is 10.7 Å². The van der Waals surface area contributed by atoms with Gasteiger partial charge in [-0.1, -0.05) is 12.2 Å². The van der Waals surface area contributed by atoms with Crippen molar-refractivity contribution in [1.29, 1.82) is 0 Å². The molecule has 0 aromatic heterocycles. The predicted octanol–water partition coefficient (Wildman–Crippen LogP) is 3.01. The van der Waals surface area contributed by atoms with Gasteiger partial charge in [0.15, 0.2) is 0 Å². The molecular weight excluding hydrogens is 310 g/mol. The van der Waals surface area contributed by atoms with Crippen molar-refractivity contribution >= 4 is 25.6 Å². The zero-order valence-corrected chi connectivity index (χ0v) is 13.4. The Labute approximate surface area is 129 Å². The third kappa shape index (κ3) is 4.32. The minimum Gasteiger partial charge on any atom is -0.352 e. The lowest BCUT2D eigenvalue weighted by molar-refractivity contribution is 0.0945. The molecule has 0 radical (unpaired) electrons. The lowest BCUT2D eigenvalue weighted by Gasteiger charge is -2.18. The van der Waals surface area contributed by atoms with E-state index >= 15 is 0 Å². The van der Waals surface area contributed by atoms with Crippen molar-refractivity contribution in [1.82, 2.24) is 5.32 Å². The van der Waals surface area contributed by atoms with E-state index in [2.05, 4.69) is 17.5 Å². The predicted molar refractivity (Wildman–Crippen MR) is 83.0 cm³/mol. The summed E-state index contributed by atoms with van der Waals surface area (Å²) in [4.78, 5) is 12.2. The highest BCUT2D eigenvalue weighted by atomic mass is 35.7. The van der Waals surface area contributed by atoms with Gasteiger partial charge in [-0.05, 0) is 55.9 Å². The largest absolute Gasteiger partial charge is 0.352 e. The fourth-order valence-electron chi connectivity index (χ4n) is 2.42. The van der Waals surface area contributed by atoms with Crippen LogP contribution in [0.2, 0.25) is 0 Å². The van der Waals surface area contributed by atoms with Crippen LogP contribution in [0.15, 0.2) is 35.2 Å². The van der Waals surface area contributed by atoms with Crippen LogP contribution in [0.1, 0.15) is 35.2 Å². The van der Waals surface area contributed by atoms with E-state index in [9.17, 15) is 13.2 Å². The van der Waals surface area contributed by atoms with Crippen molar-refractivity contribution in [2.24, 2.45) is 5.92 Å². The zero-order chi connectivity index (χ0) is 15.5. The van der Waals surface area contributed by atoms with Crippen LogP contribution in [-0.2, 0) is 9.05 Å². The summed E-state index contributed by atoms with van der Waals surface area (Å²) in [6, 6.07) is 4.27. The second kappa shape index (κ2) is 6.62. The monoisotopic (exact) mass is 327 g/mol. The quantitative estimate of drug-likeness (QED) is 0.683. The van der Waals surface area contributed by atoms with Gasteiger partial charge in [0.1, 0.15) is 0 Å². The van der Waals surface area contributed by atoms with Crippen molar-refractivity contribution in [3.05, 3.63) is 41.5 Å². The van der Waals surface area contributed by atoms with Crippen molar-refractivity contribution in [2.75, 3.05) is 6.54 Å². The van der Waals surface area contributed by atoms with Crippen LogP contribution in [-0.4, -0.2) is 20.9 Å². The number of amides is 1. The first-order valence-corrected chi connectivity index (χ1v) is 9.17. The smallest absolute Gasteiger partial charge is 0.261 e. The SMILES string of the molecule is Cc1cc(S(=O)(=O)Cl)ccc1C(=O)NCC1CC=CCC1. The highest BCUT2D eigenvalue weighted by molar-refractivity contribution is 8.13. The molecule has 1 aliphatic rings. The molecule has 1 aromatic rings. The van der Waals surface area contributed by atoms with Crippen LogP contribution >= 0.6 is 10.7 Å². The Morgan fingerprint density at radius 2 is 2.14 bits per heavy atom. The molecular formula is C15H18ClNO3S. The summed E-state index contributed by atoms with van der Waals surface area (Å²) in [5, 5.41) is 2.91. The van der Waals surface area contributed by atoms with E-state index in [1.54, 1.807) is 6.92 Å². The van der Waals surface area contributed by atoms with Crippen molar-refractivity contribution in [2.45, 2.75) is 31.1 Å². The summed E-state index contributed by atoms with van der Waals surface area (Å²) in [6.07, 6.45) is 7.43. The van der Waals surface area contributed by atoms with E-state index in [0.29, 0.717) is 23.6 Å². The number of benzene rings is 1. The number of aryl methyl sites for hydroxylation is 1. The zero-order valence-electron chi connectivity index (χ0n) is 11.8. The number of nitrogens with one attached hydrogen (secondary N) is 1. The van der Waals surface area contributed by atoms with Crippen molar-refractivity contribution in [3.8, 4) is 0 Å². The molecule has 2 rings (SSSR count). The molecule has 0 bridgehead atoms. The summed E-state index contributed by atoms with van der Waals surface area (Å²) >= 11 is 0. The maximum Gasteiger partial charge on any atom is 0.261 e. The molecule has 1 amide bonds. The maximum absolute atomic E-state index is 12.2. The molecule has 1 N–H and O–H groups in total. The molecule has 0 spiro atoms. The molecule has 1 aliphatic carbocycles. The number of halogens is 1. The van der Waals surface area contributed by atoms with Crippen LogP contribution < -0.4 is 5.32 Å². The van der Waals surface area contributed by atoms with Gasteiger partial charge in [0.05, 0.1) is 4.90 Å². The third-order valence-electron chi connectivity index (χ3n) is 3.65. The Balaban J connectivity index is 2.04. The first-order valence-electron chi connectivity index (χ1n) is 6.86. The van der Waals surface area contributed by atoms with Gasteiger partial charge in [0, 0.05) is 22.8 Å².